The summed E-state index contributed by atoms with van der Waals surface area (Å²) in [5, 5.41) is 8.05. The minimum atomic E-state index is 0.676. The van der Waals surface area contributed by atoms with Crippen LogP contribution in [-0.4, -0.2) is 11.7 Å². The summed E-state index contributed by atoms with van der Waals surface area (Å²) >= 11 is 1.64. The van der Waals surface area contributed by atoms with E-state index < -0.39 is 0 Å². The number of benzene rings is 1. The van der Waals surface area contributed by atoms with Gasteiger partial charge in [0.15, 0.2) is 4.80 Å². The fourth-order valence-electron chi connectivity index (χ4n) is 2.47. The normalized spacial score (nSPS) is 13.6. The molecule has 3 nitrogen and oxygen atoms in total. The first-order chi connectivity index (χ1) is 8.78. The van der Waals surface area contributed by atoms with E-state index in [9.17, 15) is 0 Å². The van der Waals surface area contributed by atoms with Crippen molar-refractivity contribution in [2.45, 2.75) is 25.8 Å². The van der Waals surface area contributed by atoms with Gasteiger partial charge in [-0.15, -0.1) is 11.3 Å². The Kier molecular flexibility index (Phi) is 2.96. The monoisotopic (exact) mass is 260 g/mol. The highest BCUT2D eigenvalue weighted by molar-refractivity contribution is 7.09. The van der Waals surface area contributed by atoms with Gasteiger partial charge in [0, 0.05) is 10.6 Å². The molecule has 0 bridgehead atoms. The lowest BCUT2D eigenvalue weighted by molar-refractivity contribution is 0.414. The second kappa shape index (κ2) is 4.61. The predicted octanol–water partition coefficient (Wildman–Crippen LogP) is 2.57. The van der Waals surface area contributed by atoms with Gasteiger partial charge in [-0.1, -0.05) is 12.1 Å². The third kappa shape index (κ3) is 1.97. The molecule has 1 N–H and O–H groups in total. The molecule has 1 aliphatic rings. The number of aromatic nitrogens is 1. The average molecular weight is 260 g/mol. The second-order valence-electron chi connectivity index (χ2n) is 4.56. The zero-order valence-electron chi connectivity index (χ0n) is 10.4. The van der Waals surface area contributed by atoms with Gasteiger partial charge in [-0.05, 0) is 37.0 Å². The molecule has 0 saturated heterocycles. The number of rotatable bonds is 3. The minimum absolute atomic E-state index is 0.676. The Hall–Kier alpha value is -1.55. The molecule has 2 aromatic rings. The van der Waals surface area contributed by atoms with E-state index >= 15 is 0 Å². The minimum Gasteiger partial charge on any atom is -0.497 e. The van der Waals surface area contributed by atoms with Gasteiger partial charge in [0.2, 0.25) is 0 Å². The van der Waals surface area contributed by atoms with Crippen molar-refractivity contribution in [3.63, 3.8) is 0 Å². The summed E-state index contributed by atoms with van der Waals surface area (Å²) in [5.41, 5.74) is 2.60. The maximum atomic E-state index is 8.05. The van der Waals surface area contributed by atoms with Crippen molar-refractivity contribution in [1.82, 2.24) is 4.57 Å². The van der Waals surface area contributed by atoms with E-state index in [1.54, 1.807) is 18.4 Å². The first kappa shape index (κ1) is 11.5. The van der Waals surface area contributed by atoms with Crippen molar-refractivity contribution in [3.05, 3.63) is 45.2 Å². The standard InChI is InChI=1S/C14H16N2OS/c1-17-11-7-5-10(6-8-11)9-16-12-3-2-4-13(12)18-14(16)15/h5-8,15H,2-4,9H2,1H3. The van der Waals surface area contributed by atoms with Gasteiger partial charge in [0.1, 0.15) is 5.75 Å². The fraction of sp³-hybridized carbons (Fsp3) is 0.357. The quantitative estimate of drug-likeness (QED) is 0.905. The summed E-state index contributed by atoms with van der Waals surface area (Å²) in [7, 11) is 1.68. The summed E-state index contributed by atoms with van der Waals surface area (Å²) in [6.45, 7) is 0.800. The van der Waals surface area contributed by atoms with Crippen molar-refractivity contribution >= 4 is 11.3 Å². The lowest BCUT2D eigenvalue weighted by Crippen LogP contribution is -2.16. The summed E-state index contributed by atoms with van der Waals surface area (Å²) in [4.78, 5) is 2.09. The van der Waals surface area contributed by atoms with E-state index in [2.05, 4.69) is 16.7 Å². The highest BCUT2D eigenvalue weighted by atomic mass is 32.1. The van der Waals surface area contributed by atoms with Gasteiger partial charge >= 0.3 is 0 Å². The van der Waals surface area contributed by atoms with E-state index in [4.69, 9.17) is 10.1 Å². The summed E-state index contributed by atoms with van der Waals surface area (Å²) in [6, 6.07) is 8.10. The third-order valence-corrected chi connectivity index (χ3v) is 4.53. The van der Waals surface area contributed by atoms with E-state index in [-0.39, 0.29) is 0 Å². The summed E-state index contributed by atoms with van der Waals surface area (Å²) in [5.74, 6) is 0.880. The lowest BCUT2D eigenvalue weighted by atomic mass is 10.2. The fourth-order valence-corrected chi connectivity index (χ4v) is 3.57. The van der Waals surface area contributed by atoms with Gasteiger partial charge in [0.05, 0.1) is 13.7 Å². The van der Waals surface area contributed by atoms with Crippen LogP contribution in [0.2, 0.25) is 0 Å². The molecule has 4 heteroatoms. The first-order valence-corrected chi connectivity index (χ1v) is 6.98. The van der Waals surface area contributed by atoms with Crippen molar-refractivity contribution in [1.29, 1.82) is 5.41 Å². The third-order valence-electron chi connectivity index (χ3n) is 3.43. The Morgan fingerprint density at radius 2 is 2.06 bits per heavy atom. The first-order valence-electron chi connectivity index (χ1n) is 6.17. The molecule has 1 aromatic heterocycles. The Bertz CT molecular complexity index is 610. The SMILES string of the molecule is COc1ccc(Cn2c3c(sc2=N)CCC3)cc1. The smallest absolute Gasteiger partial charge is 0.182 e. The maximum Gasteiger partial charge on any atom is 0.182 e. The van der Waals surface area contributed by atoms with Gasteiger partial charge in [-0.2, -0.15) is 0 Å². The topological polar surface area (TPSA) is 38.0 Å². The van der Waals surface area contributed by atoms with E-state index in [0.29, 0.717) is 4.80 Å². The molecule has 18 heavy (non-hydrogen) atoms. The number of hydrogen-bond donors (Lipinski definition) is 1. The highest BCUT2D eigenvalue weighted by Crippen LogP contribution is 2.24. The van der Waals surface area contributed by atoms with Gasteiger partial charge in [-0.25, -0.2) is 0 Å². The number of nitrogens with zero attached hydrogens (tertiary/aromatic N) is 1. The van der Waals surface area contributed by atoms with Crippen LogP contribution in [0.4, 0.5) is 0 Å². The van der Waals surface area contributed by atoms with Crippen LogP contribution >= 0.6 is 11.3 Å². The molecule has 3 rings (SSSR count). The molecule has 0 aliphatic heterocycles. The molecule has 0 amide bonds. The van der Waals surface area contributed by atoms with Crippen molar-refractivity contribution in [2.24, 2.45) is 0 Å². The van der Waals surface area contributed by atoms with Crippen molar-refractivity contribution in [3.8, 4) is 5.75 Å². The van der Waals surface area contributed by atoms with Crippen LogP contribution in [0.1, 0.15) is 22.6 Å². The Morgan fingerprint density at radius 3 is 2.78 bits per heavy atom. The molecule has 0 radical (unpaired) electrons. The zero-order chi connectivity index (χ0) is 12.5. The summed E-state index contributed by atoms with van der Waals surface area (Å²) < 4.78 is 7.31. The summed E-state index contributed by atoms with van der Waals surface area (Å²) in [6.07, 6.45) is 3.52. The molecular weight excluding hydrogens is 244 g/mol. The van der Waals surface area contributed by atoms with E-state index in [1.165, 1.54) is 22.6 Å². The lowest BCUT2D eigenvalue weighted by Gasteiger charge is -2.07. The molecule has 0 unspecified atom stereocenters. The number of nitrogens with one attached hydrogen (secondary N) is 1. The Morgan fingerprint density at radius 1 is 1.28 bits per heavy atom. The van der Waals surface area contributed by atoms with E-state index in [0.717, 1.165) is 25.1 Å². The number of aryl methyl sites for hydroxylation is 1. The van der Waals surface area contributed by atoms with Crippen LogP contribution in [0.5, 0.6) is 5.75 Å². The average Bonchev–Trinajstić information content (AvgIpc) is 2.94. The maximum absolute atomic E-state index is 8.05. The van der Waals surface area contributed by atoms with Crippen LogP contribution in [0, 0.1) is 5.41 Å². The largest absolute Gasteiger partial charge is 0.497 e. The number of ether oxygens (including phenoxy) is 1. The van der Waals surface area contributed by atoms with Crippen molar-refractivity contribution in [2.75, 3.05) is 7.11 Å². The van der Waals surface area contributed by atoms with Crippen LogP contribution in [0.15, 0.2) is 24.3 Å². The van der Waals surface area contributed by atoms with Crippen molar-refractivity contribution < 1.29 is 4.74 Å². The van der Waals surface area contributed by atoms with Crippen LogP contribution in [0.25, 0.3) is 0 Å². The predicted molar refractivity (Wildman–Crippen MR) is 72.3 cm³/mol. The molecule has 0 spiro atoms. The Balaban J connectivity index is 1.90. The number of thiazole rings is 1. The van der Waals surface area contributed by atoms with E-state index in [1.807, 2.05) is 12.1 Å². The molecule has 1 aliphatic carbocycles. The molecule has 94 valence electrons. The molecular formula is C14H16N2OS. The highest BCUT2D eigenvalue weighted by Gasteiger charge is 2.18. The Labute approximate surface area is 110 Å². The van der Waals surface area contributed by atoms with Gasteiger partial charge in [0.25, 0.3) is 0 Å². The molecule has 0 atom stereocenters. The van der Waals surface area contributed by atoms with Crippen LogP contribution in [0.3, 0.4) is 0 Å². The molecule has 1 aromatic carbocycles. The van der Waals surface area contributed by atoms with Gasteiger partial charge in [-0.3, -0.25) is 5.41 Å². The number of fused-ring (bicyclic) bond motifs is 1. The number of hydrogen-bond acceptors (Lipinski definition) is 3. The second-order valence-corrected chi connectivity index (χ2v) is 5.65. The van der Waals surface area contributed by atoms with Crippen LogP contribution in [-0.2, 0) is 19.4 Å². The molecule has 1 heterocycles. The molecule has 0 fully saturated rings. The number of methoxy groups -OCH3 is 1. The zero-order valence-corrected chi connectivity index (χ0v) is 11.2. The van der Waals surface area contributed by atoms with Crippen LogP contribution < -0.4 is 9.54 Å². The van der Waals surface area contributed by atoms with Gasteiger partial charge < -0.3 is 9.30 Å². The molecule has 0 saturated carbocycles.